The van der Waals surface area contributed by atoms with Gasteiger partial charge in [0.05, 0.1) is 0 Å². The molecule has 4 heteroatoms. The monoisotopic (exact) mass is 224 g/mol. The molecule has 17 heavy (non-hydrogen) atoms. The summed E-state index contributed by atoms with van der Waals surface area (Å²) >= 11 is 0. The Labute approximate surface area is 100.0 Å². The minimum absolute atomic E-state index is 0.368. The molecule has 84 valence electrons. The highest BCUT2D eigenvalue weighted by molar-refractivity contribution is 5.57. The summed E-state index contributed by atoms with van der Waals surface area (Å²) in [5.74, 6) is 1.22. The summed E-state index contributed by atoms with van der Waals surface area (Å²) in [6.45, 7) is 3.79. The molecular formula is C13H12N4. The van der Waals surface area contributed by atoms with E-state index in [4.69, 9.17) is 5.26 Å². The van der Waals surface area contributed by atoms with Gasteiger partial charge in [0.15, 0.2) is 0 Å². The number of anilines is 2. The molecule has 0 aliphatic heterocycles. The van der Waals surface area contributed by atoms with Gasteiger partial charge in [-0.2, -0.15) is 5.26 Å². The van der Waals surface area contributed by atoms with Crippen LogP contribution in [0.1, 0.15) is 17.1 Å². The highest BCUT2D eigenvalue weighted by Crippen LogP contribution is 2.16. The number of aryl methyl sites for hydroxylation is 2. The second kappa shape index (κ2) is 4.62. The third-order valence-electron chi connectivity index (χ3n) is 2.24. The van der Waals surface area contributed by atoms with Crippen molar-refractivity contribution in [1.29, 1.82) is 5.26 Å². The van der Waals surface area contributed by atoms with Gasteiger partial charge in [-0.15, -0.1) is 0 Å². The van der Waals surface area contributed by atoms with Gasteiger partial charge in [-0.05, 0) is 31.5 Å². The molecule has 0 bridgehead atoms. The van der Waals surface area contributed by atoms with E-state index < -0.39 is 0 Å². The maximum Gasteiger partial charge on any atom is 0.146 e. The third-order valence-corrected chi connectivity index (χ3v) is 2.24. The van der Waals surface area contributed by atoms with Crippen molar-refractivity contribution < 1.29 is 0 Å². The first-order chi connectivity index (χ1) is 8.17. The van der Waals surface area contributed by atoms with Gasteiger partial charge < -0.3 is 5.32 Å². The van der Waals surface area contributed by atoms with Crippen molar-refractivity contribution in [3.05, 3.63) is 47.4 Å². The number of nitrogens with one attached hydrogen (secondary N) is 1. The molecule has 0 spiro atoms. The van der Waals surface area contributed by atoms with Gasteiger partial charge in [0.1, 0.15) is 23.4 Å². The van der Waals surface area contributed by atoms with Crippen molar-refractivity contribution in [2.75, 3.05) is 5.32 Å². The van der Waals surface area contributed by atoms with Crippen LogP contribution in [0.2, 0.25) is 0 Å². The highest BCUT2D eigenvalue weighted by atomic mass is 15.0. The number of hydrogen-bond donors (Lipinski definition) is 1. The van der Waals surface area contributed by atoms with E-state index in [1.54, 1.807) is 13.0 Å². The molecule has 2 aromatic rings. The standard InChI is InChI=1S/C13H12N4/c1-9-4-3-5-11(6-9)17-13-7-12(8-14)15-10(2)16-13/h3-7H,1-2H3,(H,15,16,17). The molecule has 0 radical (unpaired) electrons. The maximum absolute atomic E-state index is 8.83. The molecule has 1 heterocycles. The molecule has 0 saturated heterocycles. The molecular weight excluding hydrogens is 212 g/mol. The van der Waals surface area contributed by atoms with Gasteiger partial charge in [-0.1, -0.05) is 12.1 Å². The number of nitriles is 1. The fraction of sp³-hybridized carbons (Fsp3) is 0.154. The second-order valence-electron chi connectivity index (χ2n) is 3.79. The van der Waals surface area contributed by atoms with Crippen LogP contribution in [-0.4, -0.2) is 9.97 Å². The van der Waals surface area contributed by atoms with Gasteiger partial charge in [0.25, 0.3) is 0 Å². The number of benzene rings is 1. The predicted octanol–water partition coefficient (Wildman–Crippen LogP) is 2.71. The van der Waals surface area contributed by atoms with E-state index in [0.717, 1.165) is 5.69 Å². The van der Waals surface area contributed by atoms with E-state index in [2.05, 4.69) is 15.3 Å². The number of nitrogens with zero attached hydrogens (tertiary/aromatic N) is 3. The first kappa shape index (κ1) is 11.1. The van der Waals surface area contributed by atoms with Gasteiger partial charge in [-0.25, -0.2) is 9.97 Å². The third kappa shape index (κ3) is 2.79. The van der Waals surface area contributed by atoms with Crippen molar-refractivity contribution in [3.8, 4) is 6.07 Å². The van der Waals surface area contributed by atoms with Crippen molar-refractivity contribution in [2.45, 2.75) is 13.8 Å². The summed E-state index contributed by atoms with van der Waals surface area (Å²) < 4.78 is 0. The van der Waals surface area contributed by atoms with Gasteiger partial charge in [0.2, 0.25) is 0 Å². The zero-order chi connectivity index (χ0) is 12.3. The minimum atomic E-state index is 0.368. The Hall–Kier alpha value is -2.41. The van der Waals surface area contributed by atoms with Crippen LogP contribution in [-0.2, 0) is 0 Å². The Bertz CT molecular complexity index is 584. The van der Waals surface area contributed by atoms with E-state index in [-0.39, 0.29) is 0 Å². The first-order valence-electron chi connectivity index (χ1n) is 5.27. The summed E-state index contributed by atoms with van der Waals surface area (Å²) in [6.07, 6.45) is 0. The average Bonchev–Trinajstić information content (AvgIpc) is 2.28. The molecule has 1 N–H and O–H groups in total. The quantitative estimate of drug-likeness (QED) is 0.851. The zero-order valence-corrected chi connectivity index (χ0v) is 9.73. The topological polar surface area (TPSA) is 61.6 Å². The largest absolute Gasteiger partial charge is 0.340 e. The first-order valence-corrected chi connectivity index (χ1v) is 5.27. The van der Waals surface area contributed by atoms with Crippen LogP contribution < -0.4 is 5.32 Å². The SMILES string of the molecule is Cc1cccc(Nc2cc(C#N)nc(C)n2)c1. The van der Waals surface area contributed by atoms with Crippen LogP contribution in [0.4, 0.5) is 11.5 Å². The molecule has 0 fully saturated rings. The lowest BCUT2D eigenvalue weighted by atomic mass is 10.2. The van der Waals surface area contributed by atoms with Crippen molar-refractivity contribution >= 4 is 11.5 Å². The summed E-state index contributed by atoms with van der Waals surface area (Å²) in [7, 11) is 0. The lowest BCUT2D eigenvalue weighted by Crippen LogP contribution is -1.99. The summed E-state index contributed by atoms with van der Waals surface area (Å²) in [5.41, 5.74) is 2.49. The van der Waals surface area contributed by atoms with Crippen LogP contribution in [0, 0.1) is 25.2 Å². The fourth-order valence-electron chi connectivity index (χ4n) is 1.56. The minimum Gasteiger partial charge on any atom is -0.340 e. The Morgan fingerprint density at radius 1 is 1.18 bits per heavy atom. The average molecular weight is 224 g/mol. The van der Waals surface area contributed by atoms with Crippen molar-refractivity contribution in [1.82, 2.24) is 9.97 Å². The van der Waals surface area contributed by atoms with Crippen LogP contribution in [0.15, 0.2) is 30.3 Å². The fourth-order valence-corrected chi connectivity index (χ4v) is 1.56. The van der Waals surface area contributed by atoms with Crippen LogP contribution >= 0.6 is 0 Å². The van der Waals surface area contributed by atoms with Crippen LogP contribution in [0.5, 0.6) is 0 Å². The molecule has 2 rings (SSSR count). The van der Waals surface area contributed by atoms with Gasteiger partial charge >= 0.3 is 0 Å². The Balaban J connectivity index is 2.30. The van der Waals surface area contributed by atoms with Gasteiger partial charge in [0, 0.05) is 11.8 Å². The number of rotatable bonds is 2. The normalized spacial score (nSPS) is 9.71. The lowest BCUT2D eigenvalue weighted by Gasteiger charge is -2.06. The number of hydrogen-bond acceptors (Lipinski definition) is 4. The molecule has 4 nitrogen and oxygen atoms in total. The van der Waals surface area contributed by atoms with Crippen molar-refractivity contribution in [3.63, 3.8) is 0 Å². The smallest absolute Gasteiger partial charge is 0.146 e. The Morgan fingerprint density at radius 2 is 2.00 bits per heavy atom. The molecule has 0 saturated carbocycles. The predicted molar refractivity (Wildman–Crippen MR) is 65.9 cm³/mol. The van der Waals surface area contributed by atoms with Crippen LogP contribution in [0.3, 0.4) is 0 Å². The summed E-state index contributed by atoms with van der Waals surface area (Å²) in [4.78, 5) is 8.23. The Morgan fingerprint density at radius 3 is 2.71 bits per heavy atom. The summed E-state index contributed by atoms with van der Waals surface area (Å²) in [5, 5.41) is 12.0. The van der Waals surface area contributed by atoms with Crippen LogP contribution in [0.25, 0.3) is 0 Å². The molecule has 1 aromatic heterocycles. The van der Waals surface area contributed by atoms with E-state index >= 15 is 0 Å². The number of aromatic nitrogens is 2. The molecule has 1 aromatic carbocycles. The van der Waals surface area contributed by atoms with E-state index in [1.807, 2.05) is 37.3 Å². The van der Waals surface area contributed by atoms with E-state index in [1.165, 1.54) is 5.56 Å². The highest BCUT2D eigenvalue weighted by Gasteiger charge is 2.01. The maximum atomic E-state index is 8.83. The zero-order valence-electron chi connectivity index (χ0n) is 9.73. The summed E-state index contributed by atoms with van der Waals surface area (Å²) in [6, 6.07) is 11.6. The van der Waals surface area contributed by atoms with E-state index in [9.17, 15) is 0 Å². The van der Waals surface area contributed by atoms with Gasteiger partial charge in [-0.3, -0.25) is 0 Å². The molecule has 0 amide bonds. The van der Waals surface area contributed by atoms with Crippen molar-refractivity contribution in [2.24, 2.45) is 0 Å². The van der Waals surface area contributed by atoms with E-state index in [0.29, 0.717) is 17.3 Å². The molecule has 0 aliphatic carbocycles. The lowest BCUT2D eigenvalue weighted by molar-refractivity contribution is 1.04. The molecule has 0 unspecified atom stereocenters. The second-order valence-corrected chi connectivity index (χ2v) is 3.79. The molecule has 0 atom stereocenters. The Kier molecular flexibility index (Phi) is 3.01. The molecule has 0 aliphatic rings.